The minimum Gasteiger partial charge on any atom is -0.467 e. The Bertz CT molecular complexity index is 310. The fourth-order valence-corrected chi connectivity index (χ4v) is 1.17. The van der Waals surface area contributed by atoms with Crippen LogP contribution in [0.25, 0.3) is 0 Å². The molecule has 7 heteroatoms. The average molecular weight is 226 g/mol. The molecule has 0 amide bonds. The Labute approximate surface area is 95.0 Å². The smallest absolute Gasteiger partial charge is 0.322 e. The number of nitrogen functional groups attached to an aromatic ring is 1. The largest absolute Gasteiger partial charge is 0.467 e. The molecular formula is C9H18N6O. The molecule has 1 heterocycles. The van der Waals surface area contributed by atoms with Crippen LogP contribution in [0.15, 0.2) is 0 Å². The Morgan fingerprint density at radius 3 is 2.69 bits per heavy atom. The molecule has 0 spiro atoms. The normalized spacial score (nSPS) is 10.0. The van der Waals surface area contributed by atoms with Gasteiger partial charge in [0.1, 0.15) is 0 Å². The number of methoxy groups -OCH3 is 1. The summed E-state index contributed by atoms with van der Waals surface area (Å²) in [5, 5.41) is 0. The highest BCUT2D eigenvalue weighted by molar-refractivity contribution is 5.36. The molecule has 7 nitrogen and oxygen atoms in total. The van der Waals surface area contributed by atoms with E-state index in [-0.39, 0.29) is 6.01 Å². The molecule has 0 saturated carbocycles. The molecule has 0 saturated heterocycles. The Hall–Kier alpha value is -1.63. The maximum Gasteiger partial charge on any atom is 0.322 e. The fourth-order valence-electron chi connectivity index (χ4n) is 1.17. The van der Waals surface area contributed by atoms with E-state index in [4.69, 9.17) is 10.6 Å². The lowest BCUT2D eigenvalue weighted by atomic mass is 10.3. The SMILES string of the molecule is CCCCN(C)c1nc(NN)nc(OC)n1. The number of hydrogen-bond acceptors (Lipinski definition) is 7. The van der Waals surface area contributed by atoms with Crippen LogP contribution in [0.3, 0.4) is 0 Å². The Balaban J connectivity index is 2.85. The van der Waals surface area contributed by atoms with Gasteiger partial charge in [-0.3, -0.25) is 5.43 Å². The number of unbranched alkanes of at least 4 members (excludes halogenated alkanes) is 1. The third kappa shape index (κ3) is 3.20. The Morgan fingerprint density at radius 2 is 2.12 bits per heavy atom. The van der Waals surface area contributed by atoms with Crippen LogP contribution in [0, 0.1) is 0 Å². The molecule has 1 aromatic heterocycles. The molecule has 0 aliphatic carbocycles. The minimum atomic E-state index is 0.251. The van der Waals surface area contributed by atoms with Gasteiger partial charge in [-0.15, -0.1) is 0 Å². The fraction of sp³-hybridized carbons (Fsp3) is 0.667. The third-order valence-corrected chi connectivity index (χ3v) is 2.10. The van der Waals surface area contributed by atoms with E-state index in [9.17, 15) is 0 Å². The van der Waals surface area contributed by atoms with Gasteiger partial charge in [0.25, 0.3) is 0 Å². The first-order valence-corrected chi connectivity index (χ1v) is 5.19. The van der Waals surface area contributed by atoms with Crippen LogP contribution < -0.4 is 20.9 Å². The number of aromatic nitrogens is 3. The van der Waals surface area contributed by atoms with Gasteiger partial charge in [-0.1, -0.05) is 13.3 Å². The van der Waals surface area contributed by atoms with Crippen LogP contribution in [0.4, 0.5) is 11.9 Å². The first-order valence-electron chi connectivity index (χ1n) is 5.19. The monoisotopic (exact) mass is 226 g/mol. The van der Waals surface area contributed by atoms with Crippen molar-refractivity contribution in [3.8, 4) is 6.01 Å². The number of anilines is 2. The molecule has 3 N–H and O–H groups in total. The Morgan fingerprint density at radius 1 is 1.38 bits per heavy atom. The van der Waals surface area contributed by atoms with Gasteiger partial charge in [0.05, 0.1) is 7.11 Å². The molecule has 16 heavy (non-hydrogen) atoms. The molecule has 0 radical (unpaired) electrons. The molecule has 90 valence electrons. The van der Waals surface area contributed by atoms with E-state index < -0.39 is 0 Å². The van der Waals surface area contributed by atoms with Gasteiger partial charge in [-0.05, 0) is 6.42 Å². The van der Waals surface area contributed by atoms with Gasteiger partial charge in [0.15, 0.2) is 0 Å². The lowest BCUT2D eigenvalue weighted by molar-refractivity contribution is 0.379. The molecular weight excluding hydrogens is 208 g/mol. The van der Waals surface area contributed by atoms with Crippen molar-refractivity contribution in [3.05, 3.63) is 0 Å². The van der Waals surface area contributed by atoms with E-state index in [1.54, 1.807) is 0 Å². The van der Waals surface area contributed by atoms with E-state index in [0.29, 0.717) is 11.9 Å². The summed E-state index contributed by atoms with van der Waals surface area (Å²) in [6.45, 7) is 3.02. The zero-order valence-corrected chi connectivity index (χ0v) is 9.90. The van der Waals surface area contributed by atoms with Crippen molar-refractivity contribution in [1.29, 1.82) is 0 Å². The van der Waals surface area contributed by atoms with Crippen LogP contribution in [-0.2, 0) is 0 Å². The van der Waals surface area contributed by atoms with E-state index >= 15 is 0 Å². The molecule has 1 rings (SSSR count). The average Bonchev–Trinajstić information content (AvgIpc) is 2.35. The van der Waals surface area contributed by atoms with Crippen molar-refractivity contribution in [2.75, 3.05) is 31.0 Å². The highest BCUT2D eigenvalue weighted by Gasteiger charge is 2.09. The lowest BCUT2D eigenvalue weighted by Gasteiger charge is -2.17. The maximum atomic E-state index is 5.27. The molecule has 0 aromatic carbocycles. The molecule has 0 bridgehead atoms. The lowest BCUT2D eigenvalue weighted by Crippen LogP contribution is -2.23. The summed E-state index contributed by atoms with van der Waals surface area (Å²) in [6, 6.07) is 0.251. The van der Waals surface area contributed by atoms with Crippen molar-refractivity contribution in [2.24, 2.45) is 5.84 Å². The number of hydrazine groups is 1. The van der Waals surface area contributed by atoms with Gasteiger partial charge in [-0.2, -0.15) is 15.0 Å². The van der Waals surface area contributed by atoms with Crippen LogP contribution in [0.5, 0.6) is 6.01 Å². The maximum absolute atomic E-state index is 5.27. The number of rotatable bonds is 6. The second-order valence-electron chi connectivity index (χ2n) is 3.37. The zero-order valence-electron chi connectivity index (χ0n) is 9.90. The van der Waals surface area contributed by atoms with Crippen molar-refractivity contribution < 1.29 is 4.74 Å². The highest BCUT2D eigenvalue weighted by Crippen LogP contribution is 2.13. The second kappa shape index (κ2) is 6.06. The number of nitrogens with zero attached hydrogens (tertiary/aromatic N) is 4. The quantitative estimate of drug-likeness (QED) is 0.536. The molecule has 0 atom stereocenters. The van der Waals surface area contributed by atoms with Crippen LogP contribution >= 0.6 is 0 Å². The van der Waals surface area contributed by atoms with E-state index in [1.807, 2.05) is 11.9 Å². The van der Waals surface area contributed by atoms with Gasteiger partial charge < -0.3 is 9.64 Å². The van der Waals surface area contributed by atoms with Crippen molar-refractivity contribution >= 4 is 11.9 Å². The first-order chi connectivity index (χ1) is 7.71. The van der Waals surface area contributed by atoms with E-state index in [0.717, 1.165) is 19.4 Å². The van der Waals surface area contributed by atoms with Crippen molar-refractivity contribution in [2.45, 2.75) is 19.8 Å². The topological polar surface area (TPSA) is 89.2 Å². The molecule has 1 aromatic rings. The molecule has 0 aliphatic heterocycles. The van der Waals surface area contributed by atoms with Gasteiger partial charge in [-0.25, -0.2) is 5.84 Å². The second-order valence-corrected chi connectivity index (χ2v) is 3.37. The predicted molar refractivity (Wildman–Crippen MR) is 62.4 cm³/mol. The molecule has 0 fully saturated rings. The number of ether oxygens (including phenoxy) is 1. The number of hydrogen-bond donors (Lipinski definition) is 2. The predicted octanol–water partition coefficient (Wildman–Crippen LogP) is 0.402. The summed E-state index contributed by atoms with van der Waals surface area (Å²) in [4.78, 5) is 14.1. The highest BCUT2D eigenvalue weighted by atomic mass is 16.5. The van der Waals surface area contributed by atoms with E-state index in [2.05, 4.69) is 27.3 Å². The summed E-state index contributed by atoms with van der Waals surface area (Å²) < 4.78 is 4.97. The summed E-state index contributed by atoms with van der Waals surface area (Å²) in [5.41, 5.74) is 2.38. The van der Waals surface area contributed by atoms with E-state index in [1.165, 1.54) is 7.11 Å². The summed E-state index contributed by atoms with van der Waals surface area (Å²) in [6.07, 6.45) is 2.20. The van der Waals surface area contributed by atoms with Gasteiger partial charge in [0, 0.05) is 13.6 Å². The van der Waals surface area contributed by atoms with Crippen molar-refractivity contribution in [1.82, 2.24) is 15.0 Å². The van der Waals surface area contributed by atoms with Crippen LogP contribution in [-0.4, -0.2) is 35.7 Å². The number of nitrogens with two attached hydrogens (primary N) is 1. The van der Waals surface area contributed by atoms with Gasteiger partial charge >= 0.3 is 6.01 Å². The third-order valence-electron chi connectivity index (χ3n) is 2.10. The first kappa shape index (κ1) is 12.4. The zero-order chi connectivity index (χ0) is 12.0. The van der Waals surface area contributed by atoms with Crippen LogP contribution in [0.1, 0.15) is 19.8 Å². The van der Waals surface area contributed by atoms with Crippen LogP contribution in [0.2, 0.25) is 0 Å². The summed E-state index contributed by atoms with van der Waals surface area (Å²) >= 11 is 0. The van der Waals surface area contributed by atoms with Gasteiger partial charge in [0.2, 0.25) is 11.9 Å². The van der Waals surface area contributed by atoms with Crippen molar-refractivity contribution in [3.63, 3.8) is 0 Å². The summed E-state index contributed by atoms with van der Waals surface area (Å²) in [7, 11) is 3.43. The minimum absolute atomic E-state index is 0.251. The standard InChI is InChI=1S/C9H18N6O/c1-4-5-6-15(2)8-11-7(14-10)12-9(13-8)16-3/h4-6,10H2,1-3H3,(H,11,12,13,14). The molecule has 0 aliphatic rings. The number of nitrogens with one attached hydrogen (secondary N) is 1. The Kier molecular flexibility index (Phi) is 4.71. The summed E-state index contributed by atoms with van der Waals surface area (Å²) in [5.74, 6) is 6.11. The molecule has 0 unspecified atom stereocenters.